The summed E-state index contributed by atoms with van der Waals surface area (Å²) < 4.78 is 7.35. The van der Waals surface area contributed by atoms with Crippen LogP contribution in [0.3, 0.4) is 0 Å². The number of hydrogen-bond donors (Lipinski definition) is 0. The average Bonchev–Trinajstić information content (AvgIpc) is 3.22. The van der Waals surface area contributed by atoms with Gasteiger partial charge in [-0.25, -0.2) is 9.67 Å². The summed E-state index contributed by atoms with van der Waals surface area (Å²) >= 11 is 1.64. The first-order chi connectivity index (χ1) is 10.9. The molecule has 0 spiro atoms. The number of pyridine rings is 1. The van der Waals surface area contributed by atoms with Crippen LogP contribution in [0.1, 0.15) is 0 Å². The summed E-state index contributed by atoms with van der Waals surface area (Å²) in [6.07, 6.45) is 1.76. The summed E-state index contributed by atoms with van der Waals surface area (Å²) in [4.78, 5) is 4.32. The molecule has 0 radical (unpaired) electrons. The van der Waals surface area contributed by atoms with Gasteiger partial charge in [-0.1, -0.05) is 30.3 Å². The Morgan fingerprint density at radius 1 is 1.09 bits per heavy atom. The van der Waals surface area contributed by atoms with E-state index >= 15 is 0 Å². The Labute approximate surface area is 131 Å². The molecular weight excluding hydrogens is 294 g/mol. The van der Waals surface area contributed by atoms with Gasteiger partial charge in [-0.3, -0.25) is 0 Å². The summed E-state index contributed by atoms with van der Waals surface area (Å²) in [6, 6.07) is 14.2. The van der Waals surface area contributed by atoms with E-state index in [0.717, 1.165) is 27.8 Å². The number of aromatic nitrogens is 3. The second-order valence-electron chi connectivity index (χ2n) is 4.82. The van der Waals surface area contributed by atoms with E-state index in [-0.39, 0.29) is 0 Å². The molecule has 0 aliphatic rings. The van der Waals surface area contributed by atoms with E-state index in [2.05, 4.69) is 22.5 Å². The van der Waals surface area contributed by atoms with Crippen LogP contribution in [0.2, 0.25) is 0 Å². The largest absolute Gasteiger partial charge is 0.479 e. The maximum Gasteiger partial charge on any atom is 0.240 e. The predicted molar refractivity (Wildman–Crippen MR) is 88.7 cm³/mol. The molecule has 0 saturated heterocycles. The number of ether oxygens (including phenoxy) is 1. The summed E-state index contributed by atoms with van der Waals surface area (Å²) in [6.45, 7) is 0. The Hall–Kier alpha value is -2.66. The van der Waals surface area contributed by atoms with Gasteiger partial charge in [-0.15, -0.1) is 0 Å². The van der Waals surface area contributed by atoms with Crippen molar-refractivity contribution < 1.29 is 4.74 Å². The fraction of sp³-hybridized carbons (Fsp3) is 0.0588. The third kappa shape index (κ3) is 1.98. The van der Waals surface area contributed by atoms with Crippen molar-refractivity contribution in [2.24, 2.45) is 0 Å². The minimum absolute atomic E-state index is 0.582. The summed E-state index contributed by atoms with van der Waals surface area (Å²) in [5.74, 6) is 0.582. The van der Waals surface area contributed by atoms with E-state index < -0.39 is 0 Å². The molecule has 0 amide bonds. The number of methoxy groups -OCH3 is 1. The average molecular weight is 307 g/mol. The van der Waals surface area contributed by atoms with Crippen LogP contribution in [0, 0.1) is 0 Å². The lowest BCUT2D eigenvalue weighted by Gasteiger charge is -2.03. The van der Waals surface area contributed by atoms with Crippen LogP contribution in [-0.4, -0.2) is 21.9 Å². The second-order valence-corrected chi connectivity index (χ2v) is 5.60. The molecule has 4 nitrogen and oxygen atoms in total. The second kappa shape index (κ2) is 5.27. The number of fused-ring (bicyclic) bond motifs is 1. The lowest BCUT2D eigenvalue weighted by molar-refractivity contribution is 0.401. The van der Waals surface area contributed by atoms with E-state index in [0.29, 0.717) is 5.88 Å². The van der Waals surface area contributed by atoms with Crippen LogP contribution in [0.5, 0.6) is 5.88 Å². The molecule has 0 fully saturated rings. The van der Waals surface area contributed by atoms with Crippen molar-refractivity contribution >= 4 is 22.2 Å². The smallest absolute Gasteiger partial charge is 0.240 e. The third-order valence-electron chi connectivity index (χ3n) is 3.55. The molecule has 3 heterocycles. The molecule has 1 aromatic carbocycles. The molecule has 0 bridgehead atoms. The zero-order chi connectivity index (χ0) is 14.9. The summed E-state index contributed by atoms with van der Waals surface area (Å²) in [7, 11) is 1.63. The van der Waals surface area contributed by atoms with Gasteiger partial charge in [0.1, 0.15) is 11.2 Å². The van der Waals surface area contributed by atoms with Gasteiger partial charge in [0.25, 0.3) is 0 Å². The highest BCUT2D eigenvalue weighted by molar-refractivity contribution is 7.08. The van der Waals surface area contributed by atoms with E-state index in [9.17, 15) is 0 Å². The van der Waals surface area contributed by atoms with Gasteiger partial charge < -0.3 is 4.74 Å². The van der Waals surface area contributed by atoms with Gasteiger partial charge >= 0.3 is 0 Å². The lowest BCUT2D eigenvalue weighted by Crippen LogP contribution is -1.97. The lowest BCUT2D eigenvalue weighted by atomic mass is 10.1. The SMILES string of the molecule is COc1nccc2c(-c3ccccc3)nn(-c3ccsc3)c12. The van der Waals surface area contributed by atoms with Crippen molar-refractivity contribution in [1.29, 1.82) is 0 Å². The van der Waals surface area contributed by atoms with Crippen molar-refractivity contribution in [3.63, 3.8) is 0 Å². The fourth-order valence-corrected chi connectivity index (χ4v) is 3.17. The molecule has 108 valence electrons. The first-order valence-electron chi connectivity index (χ1n) is 6.88. The Morgan fingerprint density at radius 3 is 2.68 bits per heavy atom. The molecule has 0 atom stereocenters. The fourth-order valence-electron chi connectivity index (χ4n) is 2.56. The van der Waals surface area contributed by atoms with E-state index in [4.69, 9.17) is 9.84 Å². The van der Waals surface area contributed by atoms with Gasteiger partial charge in [-0.2, -0.15) is 16.4 Å². The molecule has 0 unspecified atom stereocenters. The Balaban J connectivity index is 2.08. The third-order valence-corrected chi connectivity index (χ3v) is 4.22. The van der Waals surface area contributed by atoms with Gasteiger partial charge in [0.15, 0.2) is 0 Å². The molecule has 5 heteroatoms. The van der Waals surface area contributed by atoms with Crippen molar-refractivity contribution in [1.82, 2.24) is 14.8 Å². The Bertz CT molecular complexity index is 914. The highest BCUT2D eigenvalue weighted by Gasteiger charge is 2.17. The van der Waals surface area contributed by atoms with Crippen LogP contribution >= 0.6 is 11.3 Å². The number of nitrogens with zero attached hydrogens (tertiary/aromatic N) is 3. The van der Waals surface area contributed by atoms with Crippen molar-refractivity contribution in [2.45, 2.75) is 0 Å². The van der Waals surface area contributed by atoms with Crippen LogP contribution in [0.4, 0.5) is 0 Å². The standard InChI is InChI=1S/C17H13N3OS/c1-21-17-16-14(7-9-18-17)15(12-5-3-2-4-6-12)19-20(16)13-8-10-22-11-13/h2-11H,1H3. The Kier molecular flexibility index (Phi) is 3.12. The van der Waals surface area contributed by atoms with Gasteiger partial charge in [-0.05, 0) is 17.5 Å². The molecule has 0 aliphatic heterocycles. The zero-order valence-electron chi connectivity index (χ0n) is 11.9. The van der Waals surface area contributed by atoms with E-state index in [1.54, 1.807) is 24.6 Å². The molecule has 4 aromatic rings. The Morgan fingerprint density at radius 2 is 1.95 bits per heavy atom. The number of hydrogen-bond acceptors (Lipinski definition) is 4. The number of rotatable bonds is 3. The van der Waals surface area contributed by atoms with Crippen molar-refractivity contribution in [2.75, 3.05) is 7.11 Å². The minimum Gasteiger partial charge on any atom is -0.479 e. The minimum atomic E-state index is 0.582. The van der Waals surface area contributed by atoms with Gasteiger partial charge in [0.2, 0.25) is 5.88 Å². The first kappa shape index (κ1) is 13.0. The monoisotopic (exact) mass is 307 g/mol. The quantitative estimate of drug-likeness (QED) is 0.570. The van der Waals surface area contributed by atoms with E-state index in [1.165, 1.54) is 0 Å². The summed E-state index contributed by atoms with van der Waals surface area (Å²) in [5.41, 5.74) is 3.92. The molecule has 3 aromatic heterocycles. The van der Waals surface area contributed by atoms with Crippen molar-refractivity contribution in [3.05, 3.63) is 59.4 Å². The molecule has 4 rings (SSSR count). The van der Waals surface area contributed by atoms with Crippen LogP contribution in [0.15, 0.2) is 59.4 Å². The topological polar surface area (TPSA) is 39.9 Å². The molecule has 0 N–H and O–H groups in total. The highest BCUT2D eigenvalue weighted by Crippen LogP contribution is 2.34. The molecule has 0 saturated carbocycles. The van der Waals surface area contributed by atoms with Gasteiger partial charge in [0.05, 0.1) is 12.8 Å². The normalized spacial score (nSPS) is 11.0. The summed E-state index contributed by atoms with van der Waals surface area (Å²) in [5, 5.41) is 9.94. The molecule has 0 aliphatic carbocycles. The van der Waals surface area contributed by atoms with Crippen LogP contribution in [-0.2, 0) is 0 Å². The van der Waals surface area contributed by atoms with Crippen LogP contribution < -0.4 is 4.74 Å². The zero-order valence-corrected chi connectivity index (χ0v) is 12.7. The number of thiophene rings is 1. The first-order valence-corrected chi connectivity index (χ1v) is 7.82. The predicted octanol–water partition coefficient (Wildman–Crippen LogP) is 4.16. The molecule has 22 heavy (non-hydrogen) atoms. The van der Waals surface area contributed by atoms with Crippen LogP contribution in [0.25, 0.3) is 27.8 Å². The molecular formula is C17H13N3OS. The van der Waals surface area contributed by atoms with Crippen molar-refractivity contribution in [3.8, 4) is 22.8 Å². The maximum absolute atomic E-state index is 5.45. The van der Waals surface area contributed by atoms with Gasteiger partial charge in [0, 0.05) is 22.5 Å². The number of benzene rings is 1. The van der Waals surface area contributed by atoms with E-state index in [1.807, 2.05) is 40.4 Å². The highest BCUT2D eigenvalue weighted by atomic mass is 32.1. The maximum atomic E-state index is 5.45.